The van der Waals surface area contributed by atoms with Gasteiger partial charge in [0.05, 0.1) is 18.7 Å². The fourth-order valence-electron chi connectivity index (χ4n) is 3.70. The normalized spacial score (nSPS) is 17.1. The molecule has 28 heavy (non-hydrogen) atoms. The number of guanidine groups is 1. The molecule has 2 aromatic rings. The summed E-state index contributed by atoms with van der Waals surface area (Å²) in [5, 5.41) is 4.30. The van der Waals surface area contributed by atoms with Gasteiger partial charge in [0.25, 0.3) is 0 Å². The molecule has 1 aliphatic heterocycles. The molecule has 1 atom stereocenters. The van der Waals surface area contributed by atoms with Crippen molar-refractivity contribution in [2.75, 3.05) is 45.7 Å². The van der Waals surface area contributed by atoms with Gasteiger partial charge in [-0.25, -0.2) is 0 Å². The highest BCUT2D eigenvalue weighted by atomic mass is 35.5. The minimum absolute atomic E-state index is 0.584. The maximum Gasteiger partial charge on any atom is 0.193 e. The number of benzene rings is 1. The van der Waals surface area contributed by atoms with E-state index < -0.39 is 0 Å². The molecular weight excluding hydrogens is 374 g/mol. The maximum atomic E-state index is 6.10. The van der Waals surface area contributed by atoms with Crippen molar-refractivity contribution in [1.29, 1.82) is 0 Å². The third kappa shape index (κ3) is 4.93. The van der Waals surface area contributed by atoms with E-state index in [4.69, 9.17) is 16.3 Å². The first-order valence-electron chi connectivity index (χ1n) is 9.61. The maximum absolute atomic E-state index is 6.10. The van der Waals surface area contributed by atoms with Crippen molar-refractivity contribution in [3.05, 3.63) is 47.2 Å². The first kappa shape index (κ1) is 20.4. The Kier molecular flexibility index (Phi) is 6.73. The van der Waals surface area contributed by atoms with Gasteiger partial charge in [-0.3, -0.25) is 4.99 Å². The molecule has 1 fully saturated rings. The molecule has 0 spiro atoms. The summed E-state index contributed by atoms with van der Waals surface area (Å²) < 4.78 is 7.40. The van der Waals surface area contributed by atoms with Crippen LogP contribution in [0.5, 0.6) is 5.75 Å². The van der Waals surface area contributed by atoms with Gasteiger partial charge in [-0.2, -0.15) is 0 Å². The van der Waals surface area contributed by atoms with Crippen molar-refractivity contribution in [3.63, 3.8) is 0 Å². The van der Waals surface area contributed by atoms with Gasteiger partial charge in [0.2, 0.25) is 0 Å². The summed E-state index contributed by atoms with van der Waals surface area (Å²) in [6.45, 7) is 3.76. The van der Waals surface area contributed by atoms with E-state index in [1.54, 1.807) is 7.11 Å². The Balaban J connectivity index is 1.52. The Bertz CT molecular complexity index is 819. The zero-order valence-electron chi connectivity index (χ0n) is 17.2. The molecule has 7 heteroatoms. The second kappa shape index (κ2) is 9.24. The standard InChI is InChI=1S/C21H30ClN5O/c1-23-21(26(3)15-19-10-17(22)14-25(19)2)24-12-16-8-9-27(13-16)18-6-5-7-20(11-18)28-4/h5-7,10-11,14,16H,8-9,12-13,15H2,1-4H3,(H,23,24). The SMILES string of the molecule is CN=C(NCC1CCN(c2cccc(OC)c2)C1)N(C)Cc1cc(Cl)cn1C. The molecule has 0 aliphatic carbocycles. The number of aryl methyl sites for hydroxylation is 1. The third-order valence-electron chi connectivity index (χ3n) is 5.30. The number of ether oxygens (including phenoxy) is 1. The average molecular weight is 404 g/mol. The van der Waals surface area contributed by atoms with Gasteiger partial charge in [0.1, 0.15) is 5.75 Å². The third-order valence-corrected chi connectivity index (χ3v) is 5.51. The number of halogens is 1. The van der Waals surface area contributed by atoms with Gasteiger partial charge >= 0.3 is 0 Å². The number of hydrogen-bond donors (Lipinski definition) is 1. The van der Waals surface area contributed by atoms with Gasteiger partial charge in [0.15, 0.2) is 5.96 Å². The van der Waals surface area contributed by atoms with Gasteiger partial charge in [0, 0.05) is 64.4 Å². The average Bonchev–Trinajstić information content (AvgIpc) is 3.28. The van der Waals surface area contributed by atoms with Crippen LogP contribution in [0.2, 0.25) is 5.02 Å². The minimum atomic E-state index is 0.584. The smallest absolute Gasteiger partial charge is 0.193 e. The van der Waals surface area contributed by atoms with E-state index in [-0.39, 0.29) is 0 Å². The number of methoxy groups -OCH3 is 1. The summed E-state index contributed by atoms with van der Waals surface area (Å²) in [6.07, 6.45) is 3.09. The summed E-state index contributed by atoms with van der Waals surface area (Å²) in [7, 11) is 7.60. The Hall–Kier alpha value is -2.34. The van der Waals surface area contributed by atoms with E-state index in [1.165, 1.54) is 12.1 Å². The van der Waals surface area contributed by atoms with Crippen molar-refractivity contribution in [1.82, 2.24) is 14.8 Å². The van der Waals surface area contributed by atoms with Crippen LogP contribution in [0.25, 0.3) is 0 Å². The molecule has 3 rings (SSSR count). The second-order valence-corrected chi connectivity index (χ2v) is 7.78. The predicted octanol–water partition coefficient (Wildman–Crippen LogP) is 3.22. The summed E-state index contributed by atoms with van der Waals surface area (Å²) in [4.78, 5) is 8.99. The Labute approximate surface area is 172 Å². The van der Waals surface area contributed by atoms with Crippen LogP contribution < -0.4 is 15.0 Å². The van der Waals surface area contributed by atoms with E-state index in [2.05, 4.69) is 36.8 Å². The van der Waals surface area contributed by atoms with Crippen LogP contribution in [-0.4, -0.2) is 56.3 Å². The lowest BCUT2D eigenvalue weighted by molar-refractivity contribution is 0.415. The molecule has 0 bridgehead atoms. The van der Waals surface area contributed by atoms with Crippen LogP contribution in [0.3, 0.4) is 0 Å². The van der Waals surface area contributed by atoms with E-state index >= 15 is 0 Å². The molecule has 0 saturated carbocycles. The summed E-state index contributed by atoms with van der Waals surface area (Å²) in [5.41, 5.74) is 2.38. The number of anilines is 1. The van der Waals surface area contributed by atoms with Crippen molar-refractivity contribution in [2.24, 2.45) is 18.0 Å². The Morgan fingerprint density at radius 1 is 1.39 bits per heavy atom. The van der Waals surface area contributed by atoms with Gasteiger partial charge in [-0.1, -0.05) is 17.7 Å². The summed E-state index contributed by atoms with van der Waals surface area (Å²) in [6, 6.07) is 10.3. The molecule has 6 nitrogen and oxygen atoms in total. The molecule has 1 N–H and O–H groups in total. The predicted molar refractivity (Wildman–Crippen MR) is 117 cm³/mol. The first-order chi connectivity index (χ1) is 13.5. The molecule has 1 aromatic heterocycles. The van der Waals surface area contributed by atoms with Gasteiger partial charge < -0.3 is 24.4 Å². The lowest BCUT2D eigenvalue weighted by Crippen LogP contribution is -2.41. The van der Waals surface area contributed by atoms with E-state index in [0.717, 1.165) is 48.6 Å². The summed E-state index contributed by atoms with van der Waals surface area (Å²) in [5.74, 6) is 2.39. The summed E-state index contributed by atoms with van der Waals surface area (Å²) >= 11 is 6.10. The van der Waals surface area contributed by atoms with Crippen LogP contribution in [-0.2, 0) is 13.6 Å². The molecule has 2 heterocycles. The molecule has 152 valence electrons. The lowest BCUT2D eigenvalue weighted by Gasteiger charge is -2.24. The highest BCUT2D eigenvalue weighted by molar-refractivity contribution is 6.30. The molecule has 1 unspecified atom stereocenters. The van der Waals surface area contributed by atoms with E-state index in [0.29, 0.717) is 5.92 Å². The Morgan fingerprint density at radius 3 is 2.89 bits per heavy atom. The van der Waals surface area contributed by atoms with Crippen molar-refractivity contribution in [3.8, 4) is 5.75 Å². The molecule has 0 amide bonds. The van der Waals surface area contributed by atoms with Crippen LogP contribution >= 0.6 is 11.6 Å². The molecule has 1 aromatic carbocycles. The van der Waals surface area contributed by atoms with Crippen molar-refractivity contribution < 1.29 is 4.74 Å². The van der Waals surface area contributed by atoms with Crippen molar-refractivity contribution in [2.45, 2.75) is 13.0 Å². The number of nitrogens with one attached hydrogen (secondary N) is 1. The monoisotopic (exact) mass is 403 g/mol. The highest BCUT2D eigenvalue weighted by Crippen LogP contribution is 2.26. The highest BCUT2D eigenvalue weighted by Gasteiger charge is 2.23. The number of nitrogens with zero attached hydrogens (tertiary/aromatic N) is 4. The fraction of sp³-hybridized carbons (Fsp3) is 0.476. The molecular formula is C21H30ClN5O. The zero-order valence-corrected chi connectivity index (χ0v) is 17.9. The lowest BCUT2D eigenvalue weighted by atomic mass is 10.1. The van der Waals surface area contributed by atoms with Gasteiger partial charge in [-0.05, 0) is 30.5 Å². The van der Waals surface area contributed by atoms with Gasteiger partial charge in [-0.15, -0.1) is 0 Å². The van der Waals surface area contributed by atoms with Crippen LogP contribution in [0.1, 0.15) is 12.1 Å². The van der Waals surface area contributed by atoms with Crippen LogP contribution in [0.4, 0.5) is 5.69 Å². The minimum Gasteiger partial charge on any atom is -0.497 e. The first-order valence-corrected chi connectivity index (χ1v) is 9.99. The van der Waals surface area contributed by atoms with Crippen LogP contribution in [0.15, 0.2) is 41.5 Å². The van der Waals surface area contributed by atoms with E-state index in [9.17, 15) is 0 Å². The van der Waals surface area contributed by atoms with E-state index in [1.807, 2.05) is 45.5 Å². The number of aromatic nitrogens is 1. The molecule has 0 radical (unpaired) electrons. The Morgan fingerprint density at radius 2 is 2.21 bits per heavy atom. The topological polar surface area (TPSA) is 45.0 Å². The zero-order chi connectivity index (χ0) is 20.1. The number of rotatable bonds is 6. The van der Waals surface area contributed by atoms with Crippen LogP contribution in [0, 0.1) is 5.92 Å². The number of hydrogen-bond acceptors (Lipinski definition) is 3. The van der Waals surface area contributed by atoms with Crippen molar-refractivity contribution >= 4 is 23.2 Å². The molecule has 1 aliphatic rings. The second-order valence-electron chi connectivity index (χ2n) is 7.35. The molecule has 1 saturated heterocycles. The number of aliphatic imine (C=N–C) groups is 1. The fourth-order valence-corrected chi connectivity index (χ4v) is 3.97. The largest absolute Gasteiger partial charge is 0.497 e. The quantitative estimate of drug-likeness (QED) is 0.594.